The number of fused-ring (bicyclic) bond motifs is 6. The Hall–Kier alpha value is -5.42. The number of hydrogen-bond donors (Lipinski definition) is 0. The summed E-state index contributed by atoms with van der Waals surface area (Å²) >= 11 is 0. The van der Waals surface area contributed by atoms with E-state index in [1.54, 1.807) is 0 Å². The summed E-state index contributed by atoms with van der Waals surface area (Å²) in [5, 5.41) is 6.77. The van der Waals surface area contributed by atoms with Gasteiger partial charge in [-0.25, -0.2) is 15.0 Å². The second-order valence-electron chi connectivity index (χ2n) is 10.4. The number of furan rings is 1. The fourth-order valence-corrected chi connectivity index (χ4v) is 5.77. The molecule has 0 aliphatic heterocycles. The van der Waals surface area contributed by atoms with Crippen LogP contribution in [0.15, 0.2) is 114 Å². The Labute approximate surface area is 236 Å². The van der Waals surface area contributed by atoms with Gasteiger partial charge in [0.25, 0.3) is 0 Å². The largest absolute Gasteiger partial charge is 0.456 e. The number of nitrogens with zero attached hydrogens (tertiary/aromatic N) is 4. The van der Waals surface area contributed by atoms with Crippen molar-refractivity contribution >= 4 is 43.5 Å². The van der Waals surface area contributed by atoms with Crippen LogP contribution in [0.3, 0.4) is 0 Å². The molecule has 3 aromatic heterocycles. The Kier molecular flexibility index (Phi) is 5.19. The van der Waals surface area contributed by atoms with Gasteiger partial charge in [-0.1, -0.05) is 72.8 Å². The van der Waals surface area contributed by atoms with Crippen LogP contribution in [0.2, 0.25) is 0 Å². The highest BCUT2D eigenvalue weighted by Gasteiger charge is 2.18. The molecular formula is C36H24N4O. The van der Waals surface area contributed by atoms with Crippen LogP contribution in [0, 0.1) is 13.8 Å². The molecule has 0 saturated heterocycles. The molecule has 0 aliphatic carbocycles. The number of aromatic nitrogens is 4. The molecule has 8 rings (SSSR count). The number of benzene rings is 5. The number of pyridine rings is 1. The van der Waals surface area contributed by atoms with Crippen molar-refractivity contribution in [1.29, 1.82) is 0 Å². The maximum atomic E-state index is 6.20. The van der Waals surface area contributed by atoms with Gasteiger partial charge in [0.1, 0.15) is 11.2 Å². The molecule has 0 amide bonds. The highest BCUT2D eigenvalue weighted by molar-refractivity contribution is 6.13. The fourth-order valence-electron chi connectivity index (χ4n) is 5.77. The number of rotatable bonds is 3. The van der Waals surface area contributed by atoms with Gasteiger partial charge in [-0.3, -0.25) is 4.98 Å². The van der Waals surface area contributed by atoms with Crippen LogP contribution < -0.4 is 0 Å². The summed E-state index contributed by atoms with van der Waals surface area (Å²) in [6.45, 7) is 3.99. The van der Waals surface area contributed by atoms with Crippen molar-refractivity contribution in [3.8, 4) is 34.2 Å². The van der Waals surface area contributed by atoms with Gasteiger partial charge in [-0.15, -0.1) is 0 Å². The van der Waals surface area contributed by atoms with Crippen molar-refractivity contribution in [2.75, 3.05) is 0 Å². The SMILES string of the molecule is Cc1ccc(-c2nc(-c3ccc4c(c3)oc3ccccc34)nc(-c3cc4ccccc4c4ccccc34)n2)c(C)n1. The lowest BCUT2D eigenvalue weighted by Gasteiger charge is -2.13. The minimum Gasteiger partial charge on any atom is -0.456 e. The summed E-state index contributed by atoms with van der Waals surface area (Å²) in [5.41, 5.74) is 6.21. The molecule has 194 valence electrons. The minimum absolute atomic E-state index is 0.588. The minimum atomic E-state index is 0.588. The van der Waals surface area contributed by atoms with E-state index in [1.807, 2.05) is 50.2 Å². The van der Waals surface area contributed by atoms with E-state index in [9.17, 15) is 0 Å². The van der Waals surface area contributed by atoms with Gasteiger partial charge >= 0.3 is 0 Å². The molecule has 0 unspecified atom stereocenters. The van der Waals surface area contributed by atoms with Crippen LogP contribution in [-0.4, -0.2) is 19.9 Å². The first-order valence-electron chi connectivity index (χ1n) is 13.7. The van der Waals surface area contributed by atoms with E-state index < -0.39 is 0 Å². The van der Waals surface area contributed by atoms with E-state index in [-0.39, 0.29) is 0 Å². The van der Waals surface area contributed by atoms with Gasteiger partial charge in [0, 0.05) is 38.9 Å². The van der Waals surface area contributed by atoms with Crippen molar-refractivity contribution < 1.29 is 4.42 Å². The monoisotopic (exact) mass is 528 g/mol. The standard InChI is InChI=1S/C36H24N4O/c1-21-15-17-25(22(2)37-21)35-38-34(24-16-18-30-29-13-7-8-14-32(29)41-33(30)20-24)39-36(40-35)31-19-23-9-3-4-10-26(23)27-11-5-6-12-28(27)31/h3-20H,1-2H3. The average molecular weight is 529 g/mol. The molecule has 0 radical (unpaired) electrons. The Balaban J connectivity index is 1.41. The Bertz CT molecular complexity index is 2300. The van der Waals surface area contributed by atoms with Gasteiger partial charge < -0.3 is 4.42 Å². The lowest BCUT2D eigenvalue weighted by molar-refractivity contribution is 0.669. The molecule has 0 spiro atoms. The smallest absolute Gasteiger partial charge is 0.165 e. The van der Waals surface area contributed by atoms with Crippen LogP contribution in [0.25, 0.3) is 77.6 Å². The Morgan fingerprint density at radius 3 is 1.95 bits per heavy atom. The number of aryl methyl sites for hydroxylation is 2. The van der Waals surface area contributed by atoms with E-state index in [4.69, 9.17) is 24.4 Å². The quantitative estimate of drug-likeness (QED) is 0.214. The maximum Gasteiger partial charge on any atom is 0.165 e. The number of hydrogen-bond acceptors (Lipinski definition) is 5. The maximum absolute atomic E-state index is 6.20. The lowest BCUT2D eigenvalue weighted by atomic mass is 9.97. The van der Waals surface area contributed by atoms with Crippen LogP contribution in [0.4, 0.5) is 0 Å². The third-order valence-electron chi connectivity index (χ3n) is 7.75. The highest BCUT2D eigenvalue weighted by atomic mass is 16.3. The van der Waals surface area contributed by atoms with Gasteiger partial charge in [0.05, 0.1) is 0 Å². The van der Waals surface area contributed by atoms with Crippen LogP contribution in [0.5, 0.6) is 0 Å². The third kappa shape index (κ3) is 3.85. The molecular weight excluding hydrogens is 504 g/mol. The molecule has 0 N–H and O–H groups in total. The van der Waals surface area contributed by atoms with E-state index in [2.05, 4.69) is 72.8 Å². The van der Waals surface area contributed by atoms with Crippen molar-refractivity contribution in [3.63, 3.8) is 0 Å². The van der Waals surface area contributed by atoms with Crippen LogP contribution in [-0.2, 0) is 0 Å². The van der Waals surface area contributed by atoms with Crippen molar-refractivity contribution in [1.82, 2.24) is 19.9 Å². The molecule has 5 nitrogen and oxygen atoms in total. The topological polar surface area (TPSA) is 64.7 Å². The van der Waals surface area contributed by atoms with Gasteiger partial charge in [-0.05, 0) is 71.8 Å². The molecule has 0 atom stereocenters. The zero-order chi connectivity index (χ0) is 27.5. The highest BCUT2D eigenvalue weighted by Crippen LogP contribution is 2.36. The van der Waals surface area contributed by atoms with Crippen LogP contribution in [0.1, 0.15) is 11.4 Å². The van der Waals surface area contributed by atoms with Gasteiger partial charge in [0.2, 0.25) is 0 Å². The van der Waals surface area contributed by atoms with E-state index in [0.717, 1.165) is 60.8 Å². The molecule has 0 fully saturated rings. The normalized spacial score (nSPS) is 11.7. The molecule has 0 aliphatic rings. The second-order valence-corrected chi connectivity index (χ2v) is 10.4. The zero-order valence-electron chi connectivity index (χ0n) is 22.6. The summed E-state index contributed by atoms with van der Waals surface area (Å²) in [6, 6.07) is 37.4. The first kappa shape index (κ1) is 23.5. The number of para-hydroxylation sites is 1. The molecule has 5 heteroatoms. The molecule has 3 heterocycles. The predicted octanol–water partition coefficient (Wildman–Crippen LogP) is 9.09. The van der Waals surface area contributed by atoms with E-state index in [1.165, 1.54) is 10.8 Å². The van der Waals surface area contributed by atoms with Crippen molar-refractivity contribution in [2.24, 2.45) is 0 Å². The summed E-state index contributed by atoms with van der Waals surface area (Å²) < 4.78 is 6.20. The first-order chi connectivity index (χ1) is 20.1. The molecule has 5 aromatic carbocycles. The predicted molar refractivity (Wildman–Crippen MR) is 166 cm³/mol. The average Bonchev–Trinajstić information content (AvgIpc) is 3.38. The molecule has 8 aromatic rings. The Morgan fingerprint density at radius 2 is 1.12 bits per heavy atom. The zero-order valence-corrected chi connectivity index (χ0v) is 22.6. The third-order valence-corrected chi connectivity index (χ3v) is 7.75. The fraction of sp³-hybridized carbons (Fsp3) is 0.0556. The Morgan fingerprint density at radius 1 is 0.463 bits per heavy atom. The van der Waals surface area contributed by atoms with E-state index in [0.29, 0.717) is 17.5 Å². The summed E-state index contributed by atoms with van der Waals surface area (Å²) in [4.78, 5) is 19.8. The first-order valence-corrected chi connectivity index (χ1v) is 13.7. The van der Waals surface area contributed by atoms with E-state index >= 15 is 0 Å². The van der Waals surface area contributed by atoms with Gasteiger partial charge in [0.15, 0.2) is 17.5 Å². The van der Waals surface area contributed by atoms with Crippen LogP contribution >= 0.6 is 0 Å². The van der Waals surface area contributed by atoms with Gasteiger partial charge in [-0.2, -0.15) is 0 Å². The second kappa shape index (κ2) is 9.07. The molecule has 0 saturated carbocycles. The summed E-state index contributed by atoms with van der Waals surface area (Å²) in [7, 11) is 0. The van der Waals surface area contributed by atoms with Crippen molar-refractivity contribution in [2.45, 2.75) is 13.8 Å². The van der Waals surface area contributed by atoms with Crippen molar-refractivity contribution in [3.05, 3.63) is 121 Å². The summed E-state index contributed by atoms with van der Waals surface area (Å²) in [5.74, 6) is 1.80. The lowest BCUT2D eigenvalue weighted by Crippen LogP contribution is -2.02. The molecule has 41 heavy (non-hydrogen) atoms. The summed E-state index contributed by atoms with van der Waals surface area (Å²) in [6.07, 6.45) is 0. The molecule has 0 bridgehead atoms.